The second-order valence-corrected chi connectivity index (χ2v) is 7.66. The van der Waals surface area contributed by atoms with Gasteiger partial charge in [-0.3, -0.25) is 4.79 Å². The molecule has 4 nitrogen and oxygen atoms in total. The first-order valence-corrected chi connectivity index (χ1v) is 9.46. The van der Waals surface area contributed by atoms with Crippen LogP contribution in [0, 0.1) is 0 Å². The zero-order valence-electron chi connectivity index (χ0n) is 12.5. The lowest BCUT2D eigenvalue weighted by molar-refractivity contribution is 0.0945. The van der Waals surface area contributed by atoms with Crippen molar-refractivity contribution in [1.82, 2.24) is 9.88 Å². The van der Waals surface area contributed by atoms with E-state index in [9.17, 15) is 9.90 Å². The normalized spacial score (nSPS) is 15.4. The lowest BCUT2D eigenvalue weighted by Gasteiger charge is -2.13. The van der Waals surface area contributed by atoms with Crippen molar-refractivity contribution in [2.24, 2.45) is 0 Å². The van der Waals surface area contributed by atoms with Crippen LogP contribution in [0.3, 0.4) is 0 Å². The molecule has 0 bridgehead atoms. The summed E-state index contributed by atoms with van der Waals surface area (Å²) in [6, 6.07) is 3.95. The molecule has 1 aliphatic rings. The van der Waals surface area contributed by atoms with Gasteiger partial charge in [0.2, 0.25) is 0 Å². The summed E-state index contributed by atoms with van der Waals surface area (Å²) in [6.07, 6.45) is 5.11. The van der Waals surface area contributed by atoms with Crippen molar-refractivity contribution in [3.63, 3.8) is 0 Å². The van der Waals surface area contributed by atoms with Crippen molar-refractivity contribution in [3.05, 3.63) is 40.5 Å². The maximum absolute atomic E-state index is 12.7. The maximum atomic E-state index is 12.7. The number of nitrogens with one attached hydrogen (secondary N) is 1. The fourth-order valence-corrected chi connectivity index (χ4v) is 5.03. The monoisotopic (exact) mass is 336 g/mol. The molecule has 1 amide bonds. The van der Waals surface area contributed by atoms with Crippen LogP contribution in [-0.2, 0) is 12.2 Å². The number of aliphatic hydroxyl groups is 1. The van der Waals surface area contributed by atoms with Gasteiger partial charge in [-0.1, -0.05) is 0 Å². The standard InChI is InChI=1S/C16H20N2O2S2/c1-11(19)4-6-17-15(20)14-12-5-9-21-10-13(12)22-16(14)18-7-2-3-8-18/h2-3,7-8,11,19H,4-6,9-10H2,1H3,(H,17,20). The van der Waals surface area contributed by atoms with Gasteiger partial charge in [0.05, 0.1) is 11.7 Å². The minimum absolute atomic E-state index is 0.0197. The van der Waals surface area contributed by atoms with Gasteiger partial charge in [-0.15, -0.1) is 11.3 Å². The summed E-state index contributed by atoms with van der Waals surface area (Å²) in [5.74, 6) is 2.05. The van der Waals surface area contributed by atoms with Gasteiger partial charge in [0.15, 0.2) is 0 Å². The third-order valence-electron chi connectivity index (χ3n) is 3.72. The second kappa shape index (κ2) is 6.89. The highest BCUT2D eigenvalue weighted by Gasteiger charge is 2.26. The van der Waals surface area contributed by atoms with Gasteiger partial charge in [0, 0.05) is 29.6 Å². The molecule has 0 fully saturated rings. The maximum Gasteiger partial charge on any atom is 0.254 e. The molecule has 0 saturated heterocycles. The van der Waals surface area contributed by atoms with E-state index in [1.807, 2.05) is 40.9 Å². The molecular formula is C16H20N2O2S2. The molecule has 2 aromatic heterocycles. The molecule has 118 valence electrons. The molecule has 2 N–H and O–H groups in total. The number of carbonyl (C=O) groups is 1. The fraction of sp³-hybridized carbons (Fsp3) is 0.438. The number of nitrogens with zero attached hydrogens (tertiary/aromatic N) is 1. The predicted octanol–water partition coefficient (Wildman–Crippen LogP) is 2.83. The van der Waals surface area contributed by atoms with E-state index in [0.717, 1.165) is 28.5 Å². The molecule has 1 atom stereocenters. The molecule has 1 aliphatic heterocycles. The van der Waals surface area contributed by atoms with Crippen LogP contribution >= 0.6 is 23.1 Å². The van der Waals surface area contributed by atoms with Crippen LogP contribution in [0.15, 0.2) is 24.5 Å². The highest BCUT2D eigenvalue weighted by atomic mass is 32.2. The van der Waals surface area contributed by atoms with Gasteiger partial charge in [0.25, 0.3) is 5.91 Å². The summed E-state index contributed by atoms with van der Waals surface area (Å²) in [7, 11) is 0. The number of thioether (sulfide) groups is 1. The van der Waals surface area contributed by atoms with Crippen LogP contribution in [0.1, 0.15) is 34.1 Å². The Bertz CT molecular complexity index is 647. The van der Waals surface area contributed by atoms with Crippen molar-refractivity contribution in [2.75, 3.05) is 12.3 Å². The average molecular weight is 336 g/mol. The number of aromatic nitrogens is 1. The van der Waals surface area contributed by atoms with Crippen LogP contribution < -0.4 is 5.32 Å². The predicted molar refractivity (Wildman–Crippen MR) is 92.1 cm³/mol. The van der Waals surface area contributed by atoms with Gasteiger partial charge >= 0.3 is 0 Å². The Hall–Kier alpha value is -1.24. The van der Waals surface area contributed by atoms with E-state index in [2.05, 4.69) is 5.32 Å². The van der Waals surface area contributed by atoms with Crippen LogP contribution in [0.2, 0.25) is 0 Å². The van der Waals surface area contributed by atoms with Crippen LogP contribution in [0.4, 0.5) is 0 Å². The minimum atomic E-state index is -0.392. The first kappa shape index (κ1) is 15.6. The van der Waals surface area contributed by atoms with E-state index in [0.29, 0.717) is 13.0 Å². The van der Waals surface area contributed by atoms with Gasteiger partial charge in [-0.05, 0) is 43.2 Å². The van der Waals surface area contributed by atoms with Crippen molar-refractivity contribution in [2.45, 2.75) is 31.6 Å². The molecule has 3 rings (SSSR count). The summed E-state index contributed by atoms with van der Waals surface area (Å²) in [4.78, 5) is 14.0. The van der Waals surface area contributed by atoms with Gasteiger partial charge in [0.1, 0.15) is 5.00 Å². The molecule has 6 heteroatoms. The summed E-state index contributed by atoms with van der Waals surface area (Å²) in [6.45, 7) is 2.24. The van der Waals surface area contributed by atoms with Crippen molar-refractivity contribution in [3.8, 4) is 5.00 Å². The first-order valence-electron chi connectivity index (χ1n) is 7.48. The SMILES string of the molecule is CC(O)CCNC(=O)c1c(-n2cccc2)sc2c1CCSC2. The van der Waals surface area contributed by atoms with Crippen LogP contribution in [0.25, 0.3) is 5.00 Å². The number of rotatable bonds is 5. The van der Waals surface area contributed by atoms with E-state index < -0.39 is 6.10 Å². The second-order valence-electron chi connectivity index (χ2n) is 5.47. The highest BCUT2D eigenvalue weighted by Crippen LogP contribution is 2.38. The lowest BCUT2D eigenvalue weighted by Crippen LogP contribution is -2.28. The van der Waals surface area contributed by atoms with Crippen LogP contribution in [0.5, 0.6) is 0 Å². The summed E-state index contributed by atoms with van der Waals surface area (Å²) in [5.41, 5.74) is 2.03. The zero-order valence-corrected chi connectivity index (χ0v) is 14.2. The average Bonchev–Trinajstić information content (AvgIpc) is 3.13. The minimum Gasteiger partial charge on any atom is -0.393 e. The molecule has 3 heterocycles. The first-order chi connectivity index (χ1) is 10.7. The fourth-order valence-electron chi connectivity index (χ4n) is 2.59. The molecule has 0 spiro atoms. The lowest BCUT2D eigenvalue weighted by atomic mass is 10.1. The molecule has 0 saturated carbocycles. The Labute approximate surface area is 138 Å². The Balaban J connectivity index is 1.90. The molecule has 2 aromatic rings. The number of aliphatic hydroxyl groups excluding tert-OH is 1. The Morgan fingerprint density at radius 3 is 2.95 bits per heavy atom. The van der Waals surface area contributed by atoms with Gasteiger partial charge < -0.3 is 15.0 Å². The Morgan fingerprint density at radius 2 is 2.23 bits per heavy atom. The molecule has 1 unspecified atom stereocenters. The molecule has 0 aromatic carbocycles. The van der Waals surface area contributed by atoms with E-state index in [4.69, 9.17) is 0 Å². The molecule has 0 radical (unpaired) electrons. The van der Waals surface area contributed by atoms with Gasteiger partial charge in [-0.2, -0.15) is 11.8 Å². The molecular weight excluding hydrogens is 316 g/mol. The summed E-state index contributed by atoms with van der Waals surface area (Å²) < 4.78 is 2.03. The van der Waals surface area contributed by atoms with E-state index in [-0.39, 0.29) is 5.91 Å². The van der Waals surface area contributed by atoms with E-state index >= 15 is 0 Å². The third kappa shape index (κ3) is 3.24. The van der Waals surface area contributed by atoms with Crippen LogP contribution in [-0.4, -0.2) is 34.0 Å². The van der Waals surface area contributed by atoms with Crippen molar-refractivity contribution < 1.29 is 9.90 Å². The van der Waals surface area contributed by atoms with Crippen molar-refractivity contribution in [1.29, 1.82) is 0 Å². The Morgan fingerprint density at radius 1 is 1.45 bits per heavy atom. The number of hydrogen-bond donors (Lipinski definition) is 2. The third-order valence-corrected chi connectivity index (χ3v) is 6.13. The van der Waals surface area contributed by atoms with E-state index in [1.54, 1.807) is 18.3 Å². The molecule has 22 heavy (non-hydrogen) atoms. The smallest absolute Gasteiger partial charge is 0.254 e. The largest absolute Gasteiger partial charge is 0.393 e. The summed E-state index contributed by atoms with van der Waals surface area (Å²) in [5, 5.41) is 13.3. The number of amides is 1. The topological polar surface area (TPSA) is 54.3 Å². The van der Waals surface area contributed by atoms with E-state index in [1.165, 1.54) is 10.4 Å². The summed E-state index contributed by atoms with van der Waals surface area (Å²) >= 11 is 3.65. The zero-order chi connectivity index (χ0) is 15.5. The highest BCUT2D eigenvalue weighted by molar-refractivity contribution is 7.98. The number of thiophene rings is 1. The van der Waals surface area contributed by atoms with Gasteiger partial charge in [-0.25, -0.2) is 0 Å². The quantitative estimate of drug-likeness (QED) is 0.883. The number of carbonyl (C=O) groups excluding carboxylic acids is 1. The number of fused-ring (bicyclic) bond motifs is 1. The molecule has 0 aliphatic carbocycles. The Kier molecular flexibility index (Phi) is 4.90. The van der Waals surface area contributed by atoms with Crippen molar-refractivity contribution >= 4 is 29.0 Å². The number of hydrogen-bond acceptors (Lipinski definition) is 4.